The number of carbonyl (C=O) groups is 1. The standard InChI is InChI=1S/C17H17ClO6S/c1-22-14-5-8-16(23-2)13(10-14)11-25(20,21)15-6-3-12(4-7-15)9-17(19)24-18/h3-8,10H,9,11H2,1-2H3. The zero-order chi connectivity index (χ0) is 18.4. The molecule has 0 aromatic heterocycles. The van der Waals surface area contributed by atoms with E-state index < -0.39 is 15.8 Å². The first-order chi connectivity index (χ1) is 11.9. The molecule has 0 fully saturated rings. The van der Waals surface area contributed by atoms with Crippen molar-refractivity contribution in [1.82, 2.24) is 0 Å². The summed E-state index contributed by atoms with van der Waals surface area (Å²) in [5.74, 6) is 0.154. The molecule has 2 aromatic rings. The Morgan fingerprint density at radius 1 is 1.04 bits per heavy atom. The van der Waals surface area contributed by atoms with E-state index in [1.54, 1.807) is 30.3 Å². The van der Waals surface area contributed by atoms with Crippen LogP contribution in [0.25, 0.3) is 0 Å². The molecule has 2 rings (SSSR count). The Morgan fingerprint density at radius 3 is 2.28 bits per heavy atom. The van der Waals surface area contributed by atoms with Gasteiger partial charge in [0.15, 0.2) is 9.84 Å². The Labute approximate surface area is 151 Å². The SMILES string of the molecule is COc1ccc(OC)c(CS(=O)(=O)c2ccc(CC(=O)OCl)cc2)c1. The molecule has 0 aliphatic heterocycles. The van der Waals surface area contributed by atoms with Crippen LogP contribution >= 0.6 is 11.9 Å². The van der Waals surface area contributed by atoms with Gasteiger partial charge in [-0.15, -0.1) is 0 Å². The van der Waals surface area contributed by atoms with Crippen molar-refractivity contribution >= 4 is 27.7 Å². The van der Waals surface area contributed by atoms with Crippen LogP contribution in [0.4, 0.5) is 0 Å². The number of carbonyl (C=O) groups excluding carboxylic acids is 1. The molecule has 2 aromatic carbocycles. The fraction of sp³-hybridized carbons (Fsp3) is 0.235. The van der Waals surface area contributed by atoms with E-state index in [0.29, 0.717) is 22.6 Å². The third-order valence-electron chi connectivity index (χ3n) is 3.55. The highest BCUT2D eigenvalue weighted by Crippen LogP contribution is 2.28. The Morgan fingerprint density at radius 2 is 1.72 bits per heavy atom. The van der Waals surface area contributed by atoms with E-state index in [-0.39, 0.29) is 17.1 Å². The lowest BCUT2D eigenvalue weighted by molar-refractivity contribution is -0.133. The minimum atomic E-state index is -3.60. The van der Waals surface area contributed by atoms with Gasteiger partial charge in [0.05, 0.1) is 31.3 Å². The summed E-state index contributed by atoms with van der Waals surface area (Å²) in [5.41, 5.74) is 1.10. The monoisotopic (exact) mass is 384 g/mol. The molecule has 0 saturated carbocycles. The molecule has 0 amide bonds. The fourth-order valence-electron chi connectivity index (χ4n) is 2.29. The predicted octanol–water partition coefficient (Wildman–Crippen LogP) is 2.92. The Hall–Kier alpha value is -2.25. The molecular formula is C17H17ClO6S. The van der Waals surface area contributed by atoms with E-state index in [1.807, 2.05) is 0 Å². The van der Waals surface area contributed by atoms with E-state index in [1.165, 1.54) is 26.4 Å². The molecule has 0 heterocycles. The highest BCUT2D eigenvalue weighted by molar-refractivity contribution is 7.90. The summed E-state index contributed by atoms with van der Waals surface area (Å²) in [4.78, 5) is 11.3. The fourth-order valence-corrected chi connectivity index (χ4v) is 3.70. The van der Waals surface area contributed by atoms with Crippen LogP contribution in [0.15, 0.2) is 47.4 Å². The summed E-state index contributed by atoms with van der Waals surface area (Å²) in [6, 6.07) is 11.0. The molecule has 6 nitrogen and oxygen atoms in total. The normalized spacial score (nSPS) is 11.0. The van der Waals surface area contributed by atoms with Crippen LogP contribution in [0, 0.1) is 0 Å². The van der Waals surface area contributed by atoms with Crippen LogP contribution in [-0.4, -0.2) is 28.6 Å². The third-order valence-corrected chi connectivity index (χ3v) is 5.40. The topological polar surface area (TPSA) is 78.9 Å². The van der Waals surface area contributed by atoms with Crippen LogP contribution < -0.4 is 9.47 Å². The number of hydrogen-bond acceptors (Lipinski definition) is 6. The van der Waals surface area contributed by atoms with Gasteiger partial charge in [-0.2, -0.15) is 0 Å². The molecule has 0 unspecified atom stereocenters. The second-order valence-corrected chi connectivity index (χ2v) is 7.35. The van der Waals surface area contributed by atoms with Gasteiger partial charge in [-0.25, -0.2) is 8.42 Å². The first-order valence-corrected chi connectivity index (χ1v) is 9.19. The Kier molecular flexibility index (Phi) is 6.27. The van der Waals surface area contributed by atoms with E-state index >= 15 is 0 Å². The van der Waals surface area contributed by atoms with Crippen LogP contribution in [0.1, 0.15) is 11.1 Å². The number of benzene rings is 2. The molecule has 0 radical (unpaired) electrons. The van der Waals surface area contributed by atoms with E-state index in [2.05, 4.69) is 4.29 Å². The second kappa shape index (κ2) is 8.22. The van der Waals surface area contributed by atoms with Crippen molar-refractivity contribution < 1.29 is 27.0 Å². The molecule has 0 N–H and O–H groups in total. The van der Waals surface area contributed by atoms with Gasteiger partial charge in [-0.05, 0) is 35.9 Å². The number of halogens is 1. The average Bonchev–Trinajstić information content (AvgIpc) is 2.61. The molecule has 0 atom stereocenters. The van der Waals surface area contributed by atoms with Gasteiger partial charge in [0.1, 0.15) is 23.4 Å². The molecule has 0 saturated heterocycles. The van der Waals surface area contributed by atoms with Crippen molar-refractivity contribution in [2.75, 3.05) is 14.2 Å². The summed E-state index contributed by atoms with van der Waals surface area (Å²) in [7, 11) is -0.620. The van der Waals surface area contributed by atoms with Crippen molar-refractivity contribution in [2.24, 2.45) is 0 Å². The number of ether oxygens (including phenoxy) is 2. The summed E-state index contributed by atoms with van der Waals surface area (Å²) in [6.45, 7) is 0. The lowest BCUT2D eigenvalue weighted by Gasteiger charge is -2.11. The summed E-state index contributed by atoms with van der Waals surface area (Å²) in [5, 5.41) is 0. The van der Waals surface area contributed by atoms with Crippen LogP contribution in [0.5, 0.6) is 11.5 Å². The quantitative estimate of drug-likeness (QED) is 0.730. The molecule has 0 aliphatic rings. The number of methoxy groups -OCH3 is 2. The van der Waals surface area contributed by atoms with Crippen molar-refractivity contribution in [3.63, 3.8) is 0 Å². The molecule has 8 heteroatoms. The predicted molar refractivity (Wildman–Crippen MR) is 92.5 cm³/mol. The largest absolute Gasteiger partial charge is 0.497 e. The maximum Gasteiger partial charge on any atom is 0.329 e. The van der Waals surface area contributed by atoms with Gasteiger partial charge < -0.3 is 13.8 Å². The van der Waals surface area contributed by atoms with Crippen molar-refractivity contribution in [1.29, 1.82) is 0 Å². The van der Waals surface area contributed by atoms with Gasteiger partial charge in [0.2, 0.25) is 0 Å². The van der Waals surface area contributed by atoms with Gasteiger partial charge in [-0.1, -0.05) is 12.1 Å². The maximum atomic E-state index is 12.6. The zero-order valence-corrected chi connectivity index (χ0v) is 15.3. The van der Waals surface area contributed by atoms with Crippen LogP contribution in [0.2, 0.25) is 0 Å². The minimum absolute atomic E-state index is 0.0342. The molecule has 0 bridgehead atoms. The van der Waals surface area contributed by atoms with Gasteiger partial charge >= 0.3 is 5.97 Å². The Bertz CT molecular complexity index is 846. The average molecular weight is 385 g/mol. The highest BCUT2D eigenvalue weighted by Gasteiger charge is 2.19. The molecule has 25 heavy (non-hydrogen) atoms. The highest BCUT2D eigenvalue weighted by atomic mass is 35.5. The molecule has 134 valence electrons. The molecular weight excluding hydrogens is 368 g/mol. The lowest BCUT2D eigenvalue weighted by atomic mass is 10.2. The minimum Gasteiger partial charge on any atom is -0.497 e. The summed E-state index contributed by atoms with van der Waals surface area (Å²) < 4.78 is 39.7. The zero-order valence-electron chi connectivity index (χ0n) is 13.7. The lowest BCUT2D eigenvalue weighted by Crippen LogP contribution is -2.07. The van der Waals surface area contributed by atoms with E-state index in [0.717, 1.165) is 0 Å². The number of hydrogen-bond donors (Lipinski definition) is 0. The van der Waals surface area contributed by atoms with Crippen LogP contribution in [-0.2, 0) is 31.1 Å². The van der Waals surface area contributed by atoms with Crippen LogP contribution in [0.3, 0.4) is 0 Å². The molecule has 0 spiro atoms. The first kappa shape index (κ1) is 19.1. The Balaban J connectivity index is 2.26. The van der Waals surface area contributed by atoms with Crippen molar-refractivity contribution in [2.45, 2.75) is 17.1 Å². The van der Waals surface area contributed by atoms with Gasteiger partial charge in [0, 0.05) is 5.56 Å². The second-order valence-electron chi connectivity index (χ2n) is 5.21. The number of rotatable bonds is 7. The van der Waals surface area contributed by atoms with Crippen molar-refractivity contribution in [3.05, 3.63) is 53.6 Å². The summed E-state index contributed by atoms with van der Waals surface area (Å²) >= 11 is 4.98. The number of sulfone groups is 1. The van der Waals surface area contributed by atoms with E-state index in [9.17, 15) is 13.2 Å². The maximum absolute atomic E-state index is 12.6. The summed E-state index contributed by atoms with van der Waals surface area (Å²) in [6.07, 6.45) is -0.0342. The van der Waals surface area contributed by atoms with E-state index in [4.69, 9.17) is 21.3 Å². The van der Waals surface area contributed by atoms with Crippen molar-refractivity contribution in [3.8, 4) is 11.5 Å². The smallest absolute Gasteiger partial charge is 0.329 e. The van der Waals surface area contributed by atoms with Gasteiger partial charge in [-0.3, -0.25) is 4.79 Å². The van der Waals surface area contributed by atoms with Gasteiger partial charge in [0.25, 0.3) is 0 Å². The first-order valence-electron chi connectivity index (χ1n) is 7.23. The molecule has 0 aliphatic carbocycles. The third kappa shape index (κ3) is 4.87.